The van der Waals surface area contributed by atoms with E-state index in [9.17, 15) is 4.79 Å². The van der Waals surface area contributed by atoms with Gasteiger partial charge in [0.1, 0.15) is 11.5 Å². The van der Waals surface area contributed by atoms with Gasteiger partial charge < -0.3 is 24.0 Å². The van der Waals surface area contributed by atoms with Crippen molar-refractivity contribution in [1.82, 2.24) is 5.48 Å². The Morgan fingerprint density at radius 1 is 1.04 bits per heavy atom. The van der Waals surface area contributed by atoms with E-state index in [1.54, 1.807) is 0 Å². The van der Waals surface area contributed by atoms with Crippen molar-refractivity contribution in [1.29, 1.82) is 0 Å². The Hall–Kier alpha value is -1.05. The highest BCUT2D eigenvalue weighted by molar-refractivity contribution is 7.96. The minimum Gasteiger partial charge on any atom is -1.00 e. The molecule has 2 aromatic rings. The third kappa shape index (κ3) is 6.11. The standard InChI is InChI=1S/C19H23NO2S.HI/c1-15(16(2)23(3)18-12-8-5-9-13-18)19(21)20-22-14-17-10-6-4-7-11-17;/h4-13,15-16H,14H2,1-3H3;1H/t15-,16-,23?;/m0./s1. The zero-order valence-electron chi connectivity index (χ0n) is 14.2. The summed E-state index contributed by atoms with van der Waals surface area (Å²) in [7, 11) is 0.0133. The van der Waals surface area contributed by atoms with Gasteiger partial charge in [0.05, 0.1) is 12.5 Å². The van der Waals surface area contributed by atoms with Gasteiger partial charge in [0.15, 0.2) is 4.90 Å². The minimum atomic E-state index is -0.112. The number of rotatable bonds is 7. The van der Waals surface area contributed by atoms with Crippen molar-refractivity contribution in [2.24, 2.45) is 5.92 Å². The van der Waals surface area contributed by atoms with Crippen molar-refractivity contribution < 1.29 is 33.6 Å². The normalized spacial score (nSPS) is 14.1. The van der Waals surface area contributed by atoms with Gasteiger partial charge in [0.2, 0.25) is 0 Å². The highest BCUT2D eigenvalue weighted by Crippen LogP contribution is 2.21. The van der Waals surface area contributed by atoms with Gasteiger partial charge in [-0.1, -0.05) is 48.5 Å². The molecule has 3 atom stereocenters. The van der Waals surface area contributed by atoms with Crippen LogP contribution in [0.25, 0.3) is 0 Å². The average Bonchev–Trinajstić information content (AvgIpc) is 2.61. The van der Waals surface area contributed by atoms with Gasteiger partial charge in [-0.25, -0.2) is 5.48 Å². The lowest BCUT2D eigenvalue weighted by atomic mass is 10.1. The molecule has 2 rings (SSSR count). The number of carbonyl (C=O) groups excluding carboxylic acids is 1. The van der Waals surface area contributed by atoms with Crippen molar-refractivity contribution in [3.8, 4) is 0 Å². The smallest absolute Gasteiger partial charge is 0.251 e. The van der Waals surface area contributed by atoms with Crippen LogP contribution in [-0.2, 0) is 27.1 Å². The van der Waals surface area contributed by atoms with Crippen LogP contribution in [-0.4, -0.2) is 17.4 Å². The molecule has 1 N–H and O–H groups in total. The van der Waals surface area contributed by atoms with Gasteiger partial charge in [0.25, 0.3) is 5.91 Å². The molecule has 0 aliphatic rings. The first kappa shape index (κ1) is 21.0. The lowest BCUT2D eigenvalue weighted by Crippen LogP contribution is -3.00. The molecule has 0 spiro atoms. The topological polar surface area (TPSA) is 38.3 Å². The van der Waals surface area contributed by atoms with Crippen LogP contribution in [0.1, 0.15) is 19.4 Å². The van der Waals surface area contributed by atoms with E-state index in [-0.39, 0.29) is 51.9 Å². The van der Waals surface area contributed by atoms with Crippen molar-refractivity contribution in [3.63, 3.8) is 0 Å². The Bertz CT molecular complexity index is 609. The van der Waals surface area contributed by atoms with Crippen LogP contribution in [0.15, 0.2) is 65.6 Å². The molecular formula is C19H24INO2S. The molecule has 0 heterocycles. The molecule has 5 heteroatoms. The van der Waals surface area contributed by atoms with E-state index in [1.165, 1.54) is 4.90 Å². The summed E-state index contributed by atoms with van der Waals surface area (Å²) in [6, 6.07) is 20.1. The fourth-order valence-electron chi connectivity index (χ4n) is 2.23. The number of benzene rings is 2. The van der Waals surface area contributed by atoms with Crippen molar-refractivity contribution >= 4 is 16.8 Å². The van der Waals surface area contributed by atoms with Gasteiger partial charge in [-0.3, -0.25) is 9.63 Å². The Balaban J connectivity index is 0.00000288. The summed E-state index contributed by atoms with van der Waals surface area (Å²) in [5, 5.41) is 0.248. The van der Waals surface area contributed by atoms with Crippen molar-refractivity contribution in [2.75, 3.05) is 6.26 Å². The molecule has 0 aromatic heterocycles. The van der Waals surface area contributed by atoms with Crippen LogP contribution in [0.3, 0.4) is 0 Å². The Morgan fingerprint density at radius 3 is 2.17 bits per heavy atom. The second-order valence-electron chi connectivity index (χ2n) is 5.61. The maximum absolute atomic E-state index is 12.3. The highest BCUT2D eigenvalue weighted by Gasteiger charge is 2.33. The summed E-state index contributed by atoms with van der Waals surface area (Å²) in [5.41, 5.74) is 3.62. The Morgan fingerprint density at radius 2 is 1.58 bits per heavy atom. The summed E-state index contributed by atoms with van der Waals surface area (Å²) in [5.74, 6) is -0.178. The second-order valence-corrected chi connectivity index (χ2v) is 7.94. The van der Waals surface area contributed by atoms with Gasteiger partial charge in [-0.05, 0) is 31.5 Å². The number of hydrogen-bond acceptors (Lipinski definition) is 2. The van der Waals surface area contributed by atoms with Gasteiger partial charge in [-0.15, -0.1) is 0 Å². The zero-order valence-corrected chi connectivity index (χ0v) is 17.2. The predicted molar refractivity (Wildman–Crippen MR) is 96.0 cm³/mol. The Kier molecular flexibility index (Phi) is 9.39. The molecule has 1 amide bonds. The first-order chi connectivity index (χ1) is 11.1. The summed E-state index contributed by atoms with van der Waals surface area (Å²) in [6.45, 7) is 4.46. The molecule has 0 bridgehead atoms. The van der Waals surface area contributed by atoms with E-state index >= 15 is 0 Å². The van der Waals surface area contributed by atoms with Crippen LogP contribution in [0.5, 0.6) is 0 Å². The molecular weight excluding hydrogens is 433 g/mol. The predicted octanol–water partition coefficient (Wildman–Crippen LogP) is 0.570. The molecule has 0 aliphatic heterocycles. The number of hydroxylamine groups is 1. The van der Waals surface area contributed by atoms with E-state index in [0.29, 0.717) is 6.61 Å². The van der Waals surface area contributed by atoms with Crippen LogP contribution in [0.4, 0.5) is 0 Å². The minimum absolute atomic E-state index is 0. The maximum Gasteiger partial charge on any atom is 0.251 e. The van der Waals surface area contributed by atoms with E-state index in [2.05, 4.69) is 30.8 Å². The van der Waals surface area contributed by atoms with Crippen molar-refractivity contribution in [2.45, 2.75) is 30.6 Å². The monoisotopic (exact) mass is 457 g/mol. The van der Waals surface area contributed by atoms with E-state index in [0.717, 1.165) is 5.56 Å². The molecule has 0 saturated carbocycles. The molecule has 24 heavy (non-hydrogen) atoms. The average molecular weight is 457 g/mol. The number of carbonyl (C=O) groups is 1. The summed E-state index contributed by atoms with van der Waals surface area (Å²) in [4.78, 5) is 18.9. The Labute approximate surface area is 164 Å². The molecule has 1 unspecified atom stereocenters. The number of nitrogens with one attached hydrogen (secondary N) is 1. The number of amides is 1. The van der Waals surface area contributed by atoms with Crippen LogP contribution in [0, 0.1) is 5.92 Å². The van der Waals surface area contributed by atoms with E-state index < -0.39 is 0 Å². The summed E-state index contributed by atoms with van der Waals surface area (Å²) >= 11 is 0. The molecule has 2 aromatic carbocycles. The molecule has 3 nitrogen and oxygen atoms in total. The zero-order chi connectivity index (χ0) is 16.7. The maximum atomic E-state index is 12.3. The molecule has 0 fully saturated rings. The SMILES string of the molecule is C[C@H](C(=O)NOCc1ccccc1)[C@H](C)[S+](C)c1ccccc1.[I-]. The fraction of sp³-hybridized carbons (Fsp3) is 0.316. The van der Waals surface area contributed by atoms with Crippen LogP contribution >= 0.6 is 0 Å². The fourth-order valence-corrected chi connectivity index (χ4v) is 3.98. The lowest BCUT2D eigenvalue weighted by Gasteiger charge is -2.18. The third-order valence-corrected chi connectivity index (χ3v) is 6.58. The lowest BCUT2D eigenvalue weighted by molar-refractivity contribution is -0.138. The third-order valence-electron chi connectivity index (χ3n) is 4.04. The van der Waals surface area contributed by atoms with Gasteiger partial charge in [-0.2, -0.15) is 0 Å². The number of hydrogen-bond donors (Lipinski definition) is 1. The first-order valence-corrected chi connectivity index (χ1v) is 9.44. The van der Waals surface area contributed by atoms with Crippen LogP contribution in [0.2, 0.25) is 0 Å². The highest BCUT2D eigenvalue weighted by atomic mass is 127. The van der Waals surface area contributed by atoms with Crippen molar-refractivity contribution in [3.05, 3.63) is 66.2 Å². The van der Waals surface area contributed by atoms with Crippen LogP contribution < -0.4 is 29.5 Å². The van der Waals surface area contributed by atoms with Gasteiger partial charge >= 0.3 is 0 Å². The summed E-state index contributed by atoms with van der Waals surface area (Å²) < 4.78 is 0. The number of halogens is 1. The largest absolute Gasteiger partial charge is 1.00 e. The quantitative estimate of drug-likeness (QED) is 0.375. The molecule has 130 valence electrons. The molecule has 0 radical (unpaired) electrons. The van der Waals surface area contributed by atoms with E-state index in [1.807, 2.05) is 55.5 Å². The first-order valence-electron chi connectivity index (χ1n) is 7.75. The molecule has 0 aliphatic carbocycles. The van der Waals surface area contributed by atoms with Gasteiger partial charge in [0, 0.05) is 10.9 Å². The van der Waals surface area contributed by atoms with E-state index in [4.69, 9.17) is 4.84 Å². The summed E-state index contributed by atoms with van der Waals surface area (Å²) in [6.07, 6.45) is 2.19. The molecule has 0 saturated heterocycles. The second kappa shape index (κ2) is 10.7.